The van der Waals surface area contributed by atoms with Crippen molar-refractivity contribution in [2.45, 2.75) is 25.8 Å². The summed E-state index contributed by atoms with van der Waals surface area (Å²) < 4.78 is 11.1. The van der Waals surface area contributed by atoms with Crippen LogP contribution in [0.25, 0.3) is 11.0 Å². The van der Waals surface area contributed by atoms with Crippen LogP contribution in [0.5, 0.6) is 11.5 Å². The number of phenols is 1. The molecule has 0 spiro atoms. The monoisotopic (exact) mass is 421 g/mol. The molecule has 1 aromatic heterocycles. The molecule has 0 fully saturated rings. The van der Waals surface area contributed by atoms with Crippen molar-refractivity contribution < 1.29 is 29.0 Å². The van der Waals surface area contributed by atoms with Crippen LogP contribution in [0, 0.1) is 0 Å². The maximum Gasteiger partial charge on any atom is 0.290 e. The lowest BCUT2D eigenvalue weighted by Crippen LogP contribution is -2.32. The summed E-state index contributed by atoms with van der Waals surface area (Å²) in [6.07, 6.45) is 1.54. The molecule has 4 rings (SSSR count). The standard InChI is InChI=1S/C24H23NO6/c1-3-4-11-25-20(14-7-5-9-16(26)12-14)19(22(28)24(25)29)21(27)18-13-15-8-6-10-17(30-2)23(15)31-18/h5-10,12-13,20,26,28H,3-4,11H2,1-2H3. The second-order valence-corrected chi connectivity index (χ2v) is 7.43. The fourth-order valence-corrected chi connectivity index (χ4v) is 3.93. The first-order valence-corrected chi connectivity index (χ1v) is 10.1. The van der Waals surface area contributed by atoms with E-state index in [1.165, 1.54) is 24.1 Å². The van der Waals surface area contributed by atoms with Gasteiger partial charge < -0.3 is 24.3 Å². The third-order valence-corrected chi connectivity index (χ3v) is 5.44. The van der Waals surface area contributed by atoms with E-state index >= 15 is 0 Å². The topological polar surface area (TPSA) is 100 Å². The molecule has 1 aliphatic heterocycles. The molecule has 1 amide bonds. The first-order valence-electron chi connectivity index (χ1n) is 10.1. The van der Waals surface area contributed by atoms with Crippen LogP contribution < -0.4 is 4.74 Å². The van der Waals surface area contributed by atoms with E-state index in [-0.39, 0.29) is 17.1 Å². The lowest BCUT2D eigenvalue weighted by molar-refractivity contribution is -0.129. The molecule has 1 atom stereocenters. The Labute approximate surface area is 179 Å². The highest BCUT2D eigenvalue weighted by atomic mass is 16.5. The van der Waals surface area contributed by atoms with Crippen LogP contribution in [0.2, 0.25) is 0 Å². The Hall–Kier alpha value is -3.74. The highest BCUT2D eigenvalue weighted by Crippen LogP contribution is 2.41. The minimum absolute atomic E-state index is 0.00338. The molecule has 0 bridgehead atoms. The molecule has 7 heteroatoms. The maximum atomic E-state index is 13.5. The van der Waals surface area contributed by atoms with Crippen LogP contribution in [-0.4, -0.2) is 40.5 Å². The number of furan rings is 1. The number of amides is 1. The quantitative estimate of drug-likeness (QED) is 0.544. The number of hydrogen-bond donors (Lipinski definition) is 2. The first-order chi connectivity index (χ1) is 15.0. The fourth-order valence-electron chi connectivity index (χ4n) is 3.93. The van der Waals surface area contributed by atoms with Crippen molar-refractivity contribution in [3.8, 4) is 11.5 Å². The second-order valence-electron chi connectivity index (χ2n) is 7.43. The SMILES string of the molecule is CCCCN1C(=O)C(O)=C(C(=O)c2cc3cccc(OC)c3o2)C1c1cccc(O)c1. The van der Waals surface area contributed by atoms with Crippen LogP contribution in [0.3, 0.4) is 0 Å². The Bertz CT molecular complexity index is 1190. The number of nitrogens with zero attached hydrogens (tertiary/aromatic N) is 1. The third kappa shape index (κ3) is 3.52. The number of rotatable bonds is 7. The number of ether oxygens (including phenoxy) is 1. The smallest absolute Gasteiger partial charge is 0.290 e. The van der Waals surface area contributed by atoms with Crippen LogP contribution in [0.1, 0.15) is 41.9 Å². The maximum absolute atomic E-state index is 13.5. The zero-order valence-corrected chi connectivity index (χ0v) is 17.3. The van der Waals surface area contributed by atoms with Crippen molar-refractivity contribution in [3.05, 3.63) is 71.2 Å². The molecule has 160 valence electrons. The van der Waals surface area contributed by atoms with Gasteiger partial charge in [0, 0.05) is 11.9 Å². The molecule has 0 radical (unpaired) electrons. The number of ketones is 1. The minimum atomic E-state index is -0.825. The zero-order chi connectivity index (χ0) is 22.1. The summed E-state index contributed by atoms with van der Waals surface area (Å²) in [5.74, 6) is -1.31. The Balaban J connectivity index is 1.82. The number of phenolic OH excluding ortho intramolecular Hbond substituents is 1. The second kappa shape index (κ2) is 8.18. The lowest BCUT2D eigenvalue weighted by Gasteiger charge is -2.26. The molecule has 3 aromatic rings. The number of methoxy groups -OCH3 is 1. The largest absolute Gasteiger partial charge is 0.508 e. The summed E-state index contributed by atoms with van der Waals surface area (Å²) >= 11 is 0. The van der Waals surface area contributed by atoms with Gasteiger partial charge in [0.1, 0.15) is 5.75 Å². The highest BCUT2D eigenvalue weighted by Gasteiger charge is 2.44. The van der Waals surface area contributed by atoms with E-state index in [1.807, 2.05) is 6.92 Å². The molecule has 2 N–H and O–H groups in total. The van der Waals surface area contributed by atoms with E-state index in [2.05, 4.69) is 0 Å². The summed E-state index contributed by atoms with van der Waals surface area (Å²) in [6.45, 7) is 2.36. The predicted molar refractivity (Wildman–Crippen MR) is 114 cm³/mol. The van der Waals surface area contributed by atoms with Gasteiger partial charge in [-0.1, -0.05) is 37.6 Å². The normalized spacial score (nSPS) is 16.4. The van der Waals surface area contributed by atoms with Gasteiger partial charge in [-0.15, -0.1) is 0 Å². The summed E-state index contributed by atoms with van der Waals surface area (Å²) in [6, 6.07) is 12.4. The number of aliphatic hydroxyl groups is 1. The molecule has 0 saturated heterocycles. The molecule has 7 nitrogen and oxygen atoms in total. The van der Waals surface area contributed by atoms with Crippen molar-refractivity contribution in [1.29, 1.82) is 0 Å². The van der Waals surface area contributed by atoms with Crippen LogP contribution in [-0.2, 0) is 4.79 Å². The van der Waals surface area contributed by atoms with Crippen LogP contribution in [0.4, 0.5) is 0 Å². The molecule has 0 saturated carbocycles. The number of para-hydroxylation sites is 1. The van der Waals surface area contributed by atoms with Gasteiger partial charge in [0.2, 0.25) is 5.78 Å². The Morgan fingerprint density at radius 2 is 1.94 bits per heavy atom. The number of hydrogen-bond acceptors (Lipinski definition) is 6. The van der Waals surface area contributed by atoms with Gasteiger partial charge in [-0.25, -0.2) is 0 Å². The number of Topliss-reactive ketones (excluding diaryl/α,β-unsaturated/α-hetero) is 1. The molecule has 1 unspecified atom stereocenters. The zero-order valence-electron chi connectivity index (χ0n) is 17.3. The summed E-state index contributed by atoms with van der Waals surface area (Å²) in [4.78, 5) is 27.8. The van der Waals surface area contributed by atoms with E-state index in [0.29, 0.717) is 35.2 Å². The third-order valence-electron chi connectivity index (χ3n) is 5.44. The van der Waals surface area contributed by atoms with Gasteiger partial charge in [0.05, 0.1) is 18.7 Å². The van der Waals surface area contributed by atoms with Crippen molar-refractivity contribution in [1.82, 2.24) is 4.90 Å². The fraction of sp³-hybridized carbons (Fsp3) is 0.250. The van der Waals surface area contributed by atoms with Gasteiger partial charge in [-0.05, 0) is 36.2 Å². The number of aliphatic hydroxyl groups excluding tert-OH is 1. The van der Waals surface area contributed by atoms with Crippen molar-refractivity contribution in [3.63, 3.8) is 0 Å². The lowest BCUT2D eigenvalue weighted by atomic mass is 9.94. The van der Waals surface area contributed by atoms with Gasteiger partial charge in [-0.2, -0.15) is 0 Å². The number of unbranched alkanes of at least 4 members (excludes halogenated alkanes) is 1. The average molecular weight is 421 g/mol. The highest BCUT2D eigenvalue weighted by molar-refractivity contribution is 6.16. The molecular formula is C24H23NO6. The Morgan fingerprint density at radius 1 is 1.16 bits per heavy atom. The number of fused-ring (bicyclic) bond motifs is 1. The van der Waals surface area contributed by atoms with Gasteiger partial charge in [0.25, 0.3) is 5.91 Å². The molecular weight excluding hydrogens is 398 g/mol. The van der Waals surface area contributed by atoms with E-state index in [9.17, 15) is 19.8 Å². The minimum Gasteiger partial charge on any atom is -0.508 e. The molecule has 0 aliphatic carbocycles. The van der Waals surface area contributed by atoms with Gasteiger partial charge in [0.15, 0.2) is 22.9 Å². The summed E-state index contributed by atoms with van der Waals surface area (Å²) in [5, 5.41) is 21.3. The van der Waals surface area contributed by atoms with E-state index in [0.717, 1.165) is 6.42 Å². The van der Waals surface area contributed by atoms with Crippen molar-refractivity contribution >= 4 is 22.7 Å². The average Bonchev–Trinajstić information content (AvgIpc) is 3.31. The number of carbonyl (C=O) groups is 2. The summed E-state index contributed by atoms with van der Waals surface area (Å²) in [7, 11) is 1.51. The van der Waals surface area contributed by atoms with E-state index in [1.54, 1.807) is 36.4 Å². The molecule has 2 heterocycles. The molecule has 1 aliphatic rings. The van der Waals surface area contributed by atoms with Crippen molar-refractivity contribution in [2.24, 2.45) is 0 Å². The predicted octanol–water partition coefficient (Wildman–Crippen LogP) is 4.53. The van der Waals surface area contributed by atoms with E-state index in [4.69, 9.17) is 9.15 Å². The Morgan fingerprint density at radius 3 is 2.65 bits per heavy atom. The van der Waals surface area contributed by atoms with Crippen molar-refractivity contribution in [2.75, 3.05) is 13.7 Å². The number of benzene rings is 2. The number of carbonyl (C=O) groups excluding carboxylic acids is 2. The first kappa shape index (κ1) is 20.5. The van der Waals surface area contributed by atoms with Gasteiger partial charge in [-0.3, -0.25) is 9.59 Å². The molecule has 2 aromatic carbocycles. The van der Waals surface area contributed by atoms with Gasteiger partial charge >= 0.3 is 0 Å². The molecule has 31 heavy (non-hydrogen) atoms. The van der Waals surface area contributed by atoms with Crippen LogP contribution >= 0.6 is 0 Å². The van der Waals surface area contributed by atoms with Crippen LogP contribution in [0.15, 0.2) is 64.3 Å². The number of aromatic hydroxyl groups is 1. The van der Waals surface area contributed by atoms with E-state index < -0.39 is 23.5 Å². The Kier molecular flexibility index (Phi) is 5.42. The summed E-state index contributed by atoms with van der Waals surface area (Å²) in [5.41, 5.74) is 0.879.